The standard InChI is InChI=1S/C29H37FN4O5/c1-4-34-17-26(35)32-24(19(2)3)18-39-25-8-6-5-7-22(25)28(37)33-23(13-14-27(34)36)29(38)31-16-15-20-9-11-21(30)12-10-20/h5-12,19,23-24H,4,13-18H2,1-3H3,(H,31,38)(H,32,35)(H,33,37)/t23-,24+/m0/s1. The van der Waals surface area contributed by atoms with Crippen molar-refractivity contribution >= 4 is 23.6 Å². The van der Waals surface area contributed by atoms with Crippen LogP contribution in [0, 0.1) is 11.7 Å². The topological polar surface area (TPSA) is 117 Å². The molecule has 39 heavy (non-hydrogen) atoms. The summed E-state index contributed by atoms with van der Waals surface area (Å²) in [6.45, 7) is 6.27. The van der Waals surface area contributed by atoms with Gasteiger partial charge in [-0.15, -0.1) is 0 Å². The molecule has 2 aromatic rings. The quantitative estimate of drug-likeness (QED) is 0.521. The molecule has 0 bridgehead atoms. The van der Waals surface area contributed by atoms with Gasteiger partial charge in [0.1, 0.15) is 24.2 Å². The van der Waals surface area contributed by atoms with E-state index in [0.717, 1.165) is 5.56 Å². The molecule has 210 valence electrons. The number of carbonyl (C=O) groups is 4. The number of ether oxygens (including phenoxy) is 1. The Hall–Kier alpha value is -3.95. The lowest BCUT2D eigenvalue weighted by Gasteiger charge is -2.25. The first-order valence-corrected chi connectivity index (χ1v) is 13.3. The zero-order chi connectivity index (χ0) is 28.4. The Morgan fingerprint density at radius 3 is 2.51 bits per heavy atom. The van der Waals surface area contributed by atoms with E-state index < -0.39 is 17.9 Å². The number of likely N-dealkylation sites (N-methyl/N-ethyl adjacent to an activating group) is 1. The van der Waals surface area contributed by atoms with Crippen molar-refractivity contribution in [1.29, 1.82) is 0 Å². The predicted molar refractivity (Wildman–Crippen MR) is 145 cm³/mol. The van der Waals surface area contributed by atoms with Crippen LogP contribution in [0.2, 0.25) is 0 Å². The summed E-state index contributed by atoms with van der Waals surface area (Å²) in [6, 6.07) is 11.3. The van der Waals surface area contributed by atoms with Gasteiger partial charge in [-0.1, -0.05) is 38.1 Å². The largest absolute Gasteiger partial charge is 0.491 e. The van der Waals surface area contributed by atoms with E-state index in [1.807, 2.05) is 13.8 Å². The summed E-state index contributed by atoms with van der Waals surface area (Å²) in [6.07, 6.45) is 0.476. The van der Waals surface area contributed by atoms with Gasteiger partial charge in [-0.2, -0.15) is 0 Å². The zero-order valence-corrected chi connectivity index (χ0v) is 22.7. The van der Waals surface area contributed by atoms with Gasteiger partial charge in [0.15, 0.2) is 0 Å². The first kappa shape index (κ1) is 29.6. The van der Waals surface area contributed by atoms with Gasteiger partial charge in [0.25, 0.3) is 5.91 Å². The van der Waals surface area contributed by atoms with Gasteiger partial charge < -0.3 is 25.6 Å². The summed E-state index contributed by atoms with van der Waals surface area (Å²) in [5, 5.41) is 8.50. The molecule has 0 saturated heterocycles. The fraction of sp³-hybridized carbons (Fsp3) is 0.448. The first-order valence-electron chi connectivity index (χ1n) is 13.3. The smallest absolute Gasteiger partial charge is 0.255 e. The second kappa shape index (κ2) is 14.3. The number of rotatable bonds is 6. The minimum atomic E-state index is -0.996. The zero-order valence-electron chi connectivity index (χ0n) is 22.7. The van der Waals surface area contributed by atoms with E-state index in [-0.39, 0.29) is 67.7 Å². The Labute approximate surface area is 228 Å². The van der Waals surface area contributed by atoms with Gasteiger partial charge in [0.2, 0.25) is 17.7 Å². The van der Waals surface area contributed by atoms with E-state index in [9.17, 15) is 23.6 Å². The van der Waals surface area contributed by atoms with Crippen molar-refractivity contribution in [1.82, 2.24) is 20.9 Å². The van der Waals surface area contributed by atoms with Gasteiger partial charge in [0.05, 0.1) is 18.2 Å². The molecule has 3 rings (SSSR count). The van der Waals surface area contributed by atoms with Crippen LogP contribution in [0.4, 0.5) is 4.39 Å². The van der Waals surface area contributed by atoms with Crippen molar-refractivity contribution in [2.45, 2.75) is 52.1 Å². The highest BCUT2D eigenvalue weighted by atomic mass is 19.1. The summed E-state index contributed by atoms with van der Waals surface area (Å²) >= 11 is 0. The maximum atomic E-state index is 13.3. The third-order valence-corrected chi connectivity index (χ3v) is 6.66. The Balaban J connectivity index is 1.81. The Bertz CT molecular complexity index is 1150. The summed E-state index contributed by atoms with van der Waals surface area (Å²) in [5.74, 6) is -1.52. The molecule has 0 spiro atoms. The van der Waals surface area contributed by atoms with E-state index in [0.29, 0.717) is 18.7 Å². The third kappa shape index (κ3) is 8.80. The van der Waals surface area contributed by atoms with Crippen LogP contribution in [0.15, 0.2) is 48.5 Å². The van der Waals surface area contributed by atoms with Crippen molar-refractivity contribution in [2.24, 2.45) is 5.92 Å². The number of carbonyl (C=O) groups excluding carboxylic acids is 4. The normalized spacial score (nSPS) is 19.2. The predicted octanol–water partition coefficient (Wildman–Crippen LogP) is 2.44. The number of halogens is 1. The molecule has 0 fully saturated rings. The molecule has 2 atom stereocenters. The molecule has 1 heterocycles. The molecule has 3 N–H and O–H groups in total. The number of nitrogens with zero attached hydrogens (tertiary/aromatic N) is 1. The van der Waals surface area contributed by atoms with Crippen molar-refractivity contribution < 1.29 is 28.3 Å². The van der Waals surface area contributed by atoms with E-state index in [1.54, 1.807) is 43.3 Å². The average Bonchev–Trinajstić information content (AvgIpc) is 2.92. The highest BCUT2D eigenvalue weighted by Crippen LogP contribution is 2.20. The van der Waals surface area contributed by atoms with Crippen molar-refractivity contribution in [2.75, 3.05) is 26.2 Å². The molecule has 1 aliphatic heterocycles. The number of nitrogens with one attached hydrogen (secondary N) is 3. The number of para-hydroxylation sites is 1. The molecule has 0 radical (unpaired) electrons. The van der Waals surface area contributed by atoms with Gasteiger partial charge in [-0.3, -0.25) is 19.2 Å². The molecule has 1 aliphatic rings. The highest BCUT2D eigenvalue weighted by Gasteiger charge is 2.27. The Morgan fingerprint density at radius 2 is 1.82 bits per heavy atom. The molecular weight excluding hydrogens is 503 g/mol. The Morgan fingerprint density at radius 1 is 1.10 bits per heavy atom. The van der Waals surface area contributed by atoms with Crippen LogP contribution in [0.25, 0.3) is 0 Å². The lowest BCUT2D eigenvalue weighted by molar-refractivity contribution is -0.136. The summed E-state index contributed by atoms with van der Waals surface area (Å²) in [5.41, 5.74) is 1.09. The lowest BCUT2D eigenvalue weighted by atomic mass is 10.1. The minimum absolute atomic E-state index is 0.0385. The maximum absolute atomic E-state index is 13.3. The van der Waals surface area contributed by atoms with Gasteiger partial charge in [0, 0.05) is 19.5 Å². The van der Waals surface area contributed by atoms with Gasteiger partial charge in [-0.05, 0) is 55.5 Å². The SMILES string of the molecule is CCN1CC(=O)N[C@@H](C(C)C)COc2ccccc2C(=O)N[C@H](C(=O)NCCc2ccc(F)cc2)CCC1=O. The second-order valence-electron chi connectivity index (χ2n) is 9.87. The van der Waals surface area contributed by atoms with E-state index in [2.05, 4.69) is 16.0 Å². The molecule has 0 unspecified atom stereocenters. The fourth-order valence-electron chi connectivity index (χ4n) is 4.20. The lowest BCUT2D eigenvalue weighted by Crippen LogP contribution is -2.49. The van der Waals surface area contributed by atoms with Crippen LogP contribution in [0.1, 0.15) is 49.5 Å². The number of amides is 4. The first-order chi connectivity index (χ1) is 18.7. The van der Waals surface area contributed by atoms with Crippen molar-refractivity contribution in [3.05, 3.63) is 65.5 Å². The summed E-state index contributed by atoms with van der Waals surface area (Å²) in [7, 11) is 0. The number of hydrogen-bond acceptors (Lipinski definition) is 5. The van der Waals surface area contributed by atoms with E-state index >= 15 is 0 Å². The fourth-order valence-corrected chi connectivity index (χ4v) is 4.20. The highest BCUT2D eigenvalue weighted by molar-refractivity contribution is 5.99. The molecular formula is C29H37FN4O5. The monoisotopic (exact) mass is 540 g/mol. The van der Waals surface area contributed by atoms with E-state index in [1.165, 1.54) is 17.0 Å². The summed E-state index contributed by atoms with van der Waals surface area (Å²) < 4.78 is 19.1. The maximum Gasteiger partial charge on any atom is 0.255 e. The third-order valence-electron chi connectivity index (χ3n) is 6.66. The van der Waals surface area contributed by atoms with Crippen LogP contribution in [-0.4, -0.2) is 66.9 Å². The van der Waals surface area contributed by atoms with E-state index in [4.69, 9.17) is 4.74 Å². The van der Waals surface area contributed by atoms with Crippen LogP contribution >= 0.6 is 0 Å². The molecule has 4 amide bonds. The number of benzene rings is 2. The molecule has 2 aromatic carbocycles. The Kier molecular flexibility index (Phi) is 10.8. The molecule has 0 saturated carbocycles. The molecule has 0 aliphatic carbocycles. The van der Waals surface area contributed by atoms with Crippen LogP contribution in [0.3, 0.4) is 0 Å². The van der Waals surface area contributed by atoms with Crippen molar-refractivity contribution in [3.63, 3.8) is 0 Å². The number of fused-ring (bicyclic) bond motifs is 1. The molecule has 0 aromatic heterocycles. The molecule has 9 nitrogen and oxygen atoms in total. The second-order valence-corrected chi connectivity index (χ2v) is 9.87. The van der Waals surface area contributed by atoms with Gasteiger partial charge in [-0.25, -0.2) is 4.39 Å². The van der Waals surface area contributed by atoms with Crippen LogP contribution in [-0.2, 0) is 20.8 Å². The van der Waals surface area contributed by atoms with Crippen molar-refractivity contribution in [3.8, 4) is 5.75 Å². The molecule has 10 heteroatoms. The summed E-state index contributed by atoms with van der Waals surface area (Å²) in [4.78, 5) is 53.6. The minimum Gasteiger partial charge on any atom is -0.491 e. The van der Waals surface area contributed by atoms with Crippen LogP contribution in [0.5, 0.6) is 5.75 Å². The van der Waals surface area contributed by atoms with Crippen LogP contribution < -0.4 is 20.7 Å². The van der Waals surface area contributed by atoms with Gasteiger partial charge >= 0.3 is 0 Å². The average molecular weight is 541 g/mol. The number of hydrogen-bond donors (Lipinski definition) is 3.